The second kappa shape index (κ2) is 5.31. The first kappa shape index (κ1) is 14.0. The molecule has 0 amide bonds. The first-order chi connectivity index (χ1) is 8.42. The Morgan fingerprint density at radius 2 is 2.33 bits per heavy atom. The SMILES string of the molecule is CN(C)CCn1ncc(Br)c1C1(C)CCC(N)C1. The molecule has 1 fully saturated rings. The Hall–Kier alpha value is -0.390. The molecule has 1 saturated carbocycles. The maximum atomic E-state index is 6.09. The molecule has 18 heavy (non-hydrogen) atoms. The summed E-state index contributed by atoms with van der Waals surface area (Å²) >= 11 is 3.65. The molecular weight excluding hydrogens is 292 g/mol. The molecule has 0 aliphatic heterocycles. The van der Waals surface area contributed by atoms with Gasteiger partial charge in [0.05, 0.1) is 22.9 Å². The molecule has 2 unspecified atom stereocenters. The summed E-state index contributed by atoms with van der Waals surface area (Å²) in [5, 5.41) is 4.50. The molecule has 1 aliphatic rings. The van der Waals surface area contributed by atoms with Crippen LogP contribution in [0.4, 0.5) is 0 Å². The highest BCUT2D eigenvalue weighted by atomic mass is 79.9. The number of nitrogens with zero attached hydrogens (tertiary/aromatic N) is 3. The lowest BCUT2D eigenvalue weighted by Gasteiger charge is -2.26. The summed E-state index contributed by atoms with van der Waals surface area (Å²) in [5.41, 5.74) is 7.57. The fourth-order valence-electron chi connectivity index (χ4n) is 2.93. The summed E-state index contributed by atoms with van der Waals surface area (Å²) in [6.07, 6.45) is 5.24. The van der Waals surface area contributed by atoms with Crippen molar-refractivity contribution in [3.8, 4) is 0 Å². The van der Waals surface area contributed by atoms with E-state index in [1.807, 2.05) is 6.20 Å². The summed E-state index contributed by atoms with van der Waals surface area (Å²) in [6.45, 7) is 4.25. The lowest BCUT2D eigenvalue weighted by molar-refractivity contribution is 0.351. The van der Waals surface area contributed by atoms with Gasteiger partial charge in [-0.05, 0) is 49.3 Å². The third-order valence-corrected chi connectivity index (χ3v) is 4.49. The number of rotatable bonds is 4. The first-order valence-corrected chi connectivity index (χ1v) is 7.34. The fraction of sp³-hybridized carbons (Fsp3) is 0.769. The molecule has 4 nitrogen and oxygen atoms in total. The van der Waals surface area contributed by atoms with Crippen molar-refractivity contribution < 1.29 is 0 Å². The Balaban J connectivity index is 2.23. The van der Waals surface area contributed by atoms with E-state index >= 15 is 0 Å². The predicted octanol–water partition coefficient (Wildman–Crippen LogP) is 1.98. The predicted molar refractivity (Wildman–Crippen MR) is 77.7 cm³/mol. The standard InChI is InChI=1S/C13H23BrN4/c1-13(5-4-10(15)8-13)12-11(14)9-16-18(12)7-6-17(2)3/h9-10H,4-8,15H2,1-3H3. The summed E-state index contributed by atoms with van der Waals surface area (Å²) in [7, 11) is 4.18. The zero-order chi connectivity index (χ0) is 13.3. The largest absolute Gasteiger partial charge is 0.328 e. The van der Waals surface area contributed by atoms with Gasteiger partial charge in [-0.2, -0.15) is 5.10 Å². The van der Waals surface area contributed by atoms with Gasteiger partial charge in [0, 0.05) is 18.0 Å². The molecule has 0 spiro atoms. The maximum Gasteiger partial charge on any atom is 0.0635 e. The summed E-state index contributed by atoms with van der Waals surface area (Å²) in [6, 6.07) is 0.332. The highest BCUT2D eigenvalue weighted by Gasteiger charge is 2.38. The molecule has 2 atom stereocenters. The van der Waals surface area contributed by atoms with Gasteiger partial charge in [0.1, 0.15) is 0 Å². The summed E-state index contributed by atoms with van der Waals surface area (Å²) in [5.74, 6) is 0. The summed E-state index contributed by atoms with van der Waals surface area (Å²) in [4.78, 5) is 2.18. The summed E-state index contributed by atoms with van der Waals surface area (Å²) < 4.78 is 3.26. The number of likely N-dealkylation sites (N-methyl/N-ethyl adjacent to an activating group) is 1. The fourth-order valence-corrected chi connectivity index (χ4v) is 3.70. The second-order valence-electron chi connectivity index (χ2n) is 5.93. The van der Waals surface area contributed by atoms with E-state index in [4.69, 9.17) is 5.73 Å². The van der Waals surface area contributed by atoms with E-state index in [1.54, 1.807) is 0 Å². The molecule has 1 aromatic heterocycles. The molecule has 1 heterocycles. The Kier molecular flexibility index (Phi) is 4.14. The number of aromatic nitrogens is 2. The first-order valence-electron chi connectivity index (χ1n) is 6.54. The van der Waals surface area contributed by atoms with Gasteiger partial charge in [-0.1, -0.05) is 6.92 Å². The van der Waals surface area contributed by atoms with Crippen molar-refractivity contribution in [1.82, 2.24) is 14.7 Å². The molecule has 5 heteroatoms. The van der Waals surface area contributed by atoms with E-state index < -0.39 is 0 Å². The molecule has 0 radical (unpaired) electrons. The molecule has 0 bridgehead atoms. The van der Waals surface area contributed by atoms with Crippen LogP contribution in [0.15, 0.2) is 10.7 Å². The van der Waals surface area contributed by atoms with Crippen LogP contribution in [0.5, 0.6) is 0 Å². The van der Waals surface area contributed by atoms with E-state index in [-0.39, 0.29) is 5.41 Å². The molecule has 1 aliphatic carbocycles. The van der Waals surface area contributed by atoms with Crippen LogP contribution >= 0.6 is 15.9 Å². The van der Waals surface area contributed by atoms with Crippen LogP contribution in [0.25, 0.3) is 0 Å². The van der Waals surface area contributed by atoms with Crippen molar-refractivity contribution in [1.29, 1.82) is 0 Å². The minimum absolute atomic E-state index is 0.168. The van der Waals surface area contributed by atoms with Crippen molar-refractivity contribution in [2.45, 2.75) is 44.2 Å². The van der Waals surface area contributed by atoms with Crippen molar-refractivity contribution in [3.05, 3.63) is 16.4 Å². The van der Waals surface area contributed by atoms with Gasteiger partial charge in [-0.25, -0.2) is 0 Å². The number of nitrogens with two attached hydrogens (primary N) is 1. The van der Waals surface area contributed by atoms with Crippen LogP contribution in [0.1, 0.15) is 31.9 Å². The van der Waals surface area contributed by atoms with Crippen LogP contribution < -0.4 is 5.73 Å². The van der Waals surface area contributed by atoms with Crippen LogP contribution in [0, 0.1) is 0 Å². The van der Waals surface area contributed by atoms with E-state index in [2.05, 4.69) is 51.6 Å². The normalized spacial score (nSPS) is 28.2. The molecule has 2 rings (SSSR count). The molecule has 1 aromatic rings. The third-order valence-electron chi connectivity index (χ3n) is 3.91. The maximum absolute atomic E-state index is 6.09. The second-order valence-corrected chi connectivity index (χ2v) is 6.79. The Morgan fingerprint density at radius 3 is 2.89 bits per heavy atom. The van der Waals surface area contributed by atoms with Gasteiger partial charge in [-0.15, -0.1) is 0 Å². The van der Waals surface area contributed by atoms with Crippen LogP contribution in [0.2, 0.25) is 0 Å². The van der Waals surface area contributed by atoms with Gasteiger partial charge >= 0.3 is 0 Å². The molecular formula is C13H23BrN4. The highest BCUT2D eigenvalue weighted by Crippen LogP contribution is 2.42. The smallest absolute Gasteiger partial charge is 0.0635 e. The molecule has 2 N–H and O–H groups in total. The van der Waals surface area contributed by atoms with Crippen LogP contribution in [-0.2, 0) is 12.0 Å². The van der Waals surface area contributed by atoms with E-state index in [9.17, 15) is 0 Å². The Labute approximate surface area is 118 Å². The monoisotopic (exact) mass is 314 g/mol. The number of hydrogen-bond donors (Lipinski definition) is 1. The van der Waals surface area contributed by atoms with Crippen molar-refractivity contribution >= 4 is 15.9 Å². The minimum Gasteiger partial charge on any atom is -0.328 e. The van der Waals surface area contributed by atoms with Crippen LogP contribution in [0.3, 0.4) is 0 Å². The van der Waals surface area contributed by atoms with Gasteiger partial charge in [-0.3, -0.25) is 4.68 Å². The Morgan fingerprint density at radius 1 is 1.61 bits per heavy atom. The van der Waals surface area contributed by atoms with E-state index in [0.29, 0.717) is 6.04 Å². The van der Waals surface area contributed by atoms with Gasteiger partial charge in [0.2, 0.25) is 0 Å². The van der Waals surface area contributed by atoms with Crippen LogP contribution in [-0.4, -0.2) is 41.4 Å². The lowest BCUT2D eigenvalue weighted by Crippen LogP contribution is -2.28. The minimum atomic E-state index is 0.168. The quantitative estimate of drug-likeness (QED) is 0.924. The number of hydrogen-bond acceptors (Lipinski definition) is 3. The van der Waals surface area contributed by atoms with Crippen molar-refractivity contribution in [2.75, 3.05) is 20.6 Å². The third kappa shape index (κ3) is 2.78. The van der Waals surface area contributed by atoms with Crippen molar-refractivity contribution in [2.24, 2.45) is 5.73 Å². The Bertz CT molecular complexity index is 415. The van der Waals surface area contributed by atoms with Gasteiger partial charge in [0.15, 0.2) is 0 Å². The average Bonchev–Trinajstić information content (AvgIpc) is 2.80. The molecule has 102 valence electrons. The highest BCUT2D eigenvalue weighted by molar-refractivity contribution is 9.10. The zero-order valence-electron chi connectivity index (χ0n) is 11.5. The van der Waals surface area contributed by atoms with Crippen molar-refractivity contribution in [3.63, 3.8) is 0 Å². The zero-order valence-corrected chi connectivity index (χ0v) is 13.1. The number of halogens is 1. The lowest BCUT2D eigenvalue weighted by atomic mass is 9.84. The molecule has 0 saturated heterocycles. The van der Waals surface area contributed by atoms with Gasteiger partial charge in [0.25, 0.3) is 0 Å². The topological polar surface area (TPSA) is 47.1 Å². The van der Waals surface area contributed by atoms with E-state index in [1.165, 1.54) is 5.69 Å². The van der Waals surface area contributed by atoms with E-state index in [0.717, 1.165) is 36.8 Å². The molecule has 0 aromatic carbocycles. The van der Waals surface area contributed by atoms with Gasteiger partial charge < -0.3 is 10.6 Å². The average molecular weight is 315 g/mol.